The minimum Gasteiger partial charge on any atom is -0.464 e. The lowest BCUT2D eigenvalue weighted by atomic mass is 10.0. The molecule has 2 rings (SSSR count). The molecular formula is C14H21N3O3S. The van der Waals surface area contributed by atoms with Crippen LogP contribution in [-0.2, 0) is 9.53 Å². The summed E-state index contributed by atoms with van der Waals surface area (Å²) in [5.74, 6) is -0.325. The van der Waals surface area contributed by atoms with E-state index >= 15 is 0 Å². The van der Waals surface area contributed by atoms with E-state index in [-0.39, 0.29) is 17.8 Å². The Morgan fingerprint density at radius 2 is 2.19 bits per heavy atom. The standard InChI is InChI=1S/C14H21N3O3S/c1-4-20-14(19)10-7-5-6-8-17(10)13(18)12-11(9(2)3)15-16-21-12/h9-10H,4-8H2,1-3H3. The van der Waals surface area contributed by atoms with E-state index in [1.54, 1.807) is 11.8 Å². The maximum atomic E-state index is 12.8. The smallest absolute Gasteiger partial charge is 0.328 e. The molecule has 0 N–H and O–H groups in total. The van der Waals surface area contributed by atoms with E-state index < -0.39 is 6.04 Å². The molecule has 1 fully saturated rings. The predicted molar refractivity (Wildman–Crippen MR) is 79.3 cm³/mol. The lowest BCUT2D eigenvalue weighted by Crippen LogP contribution is -2.48. The maximum absolute atomic E-state index is 12.8. The first-order valence-corrected chi connectivity index (χ1v) is 8.13. The van der Waals surface area contributed by atoms with Crippen LogP contribution in [0.25, 0.3) is 0 Å². The molecule has 116 valence electrons. The Labute approximate surface area is 128 Å². The highest BCUT2D eigenvalue weighted by Gasteiger charge is 2.35. The third-order valence-corrected chi connectivity index (χ3v) is 4.31. The topological polar surface area (TPSA) is 72.4 Å². The van der Waals surface area contributed by atoms with Crippen LogP contribution in [0.3, 0.4) is 0 Å². The fourth-order valence-electron chi connectivity index (χ4n) is 2.51. The average molecular weight is 311 g/mol. The van der Waals surface area contributed by atoms with Gasteiger partial charge in [0.25, 0.3) is 5.91 Å². The summed E-state index contributed by atoms with van der Waals surface area (Å²) in [5.41, 5.74) is 0.707. The highest BCUT2D eigenvalue weighted by atomic mass is 32.1. The molecule has 1 aromatic heterocycles. The summed E-state index contributed by atoms with van der Waals surface area (Å²) < 4.78 is 8.99. The number of nitrogens with zero attached hydrogens (tertiary/aromatic N) is 3. The molecular weight excluding hydrogens is 290 g/mol. The number of likely N-dealkylation sites (tertiary alicyclic amines) is 1. The number of carbonyl (C=O) groups is 2. The summed E-state index contributed by atoms with van der Waals surface area (Å²) in [5, 5.41) is 4.04. The molecule has 1 aliphatic rings. The average Bonchev–Trinajstić information content (AvgIpc) is 2.96. The summed E-state index contributed by atoms with van der Waals surface area (Å²) in [6.45, 7) is 6.64. The number of piperidine rings is 1. The number of esters is 1. The van der Waals surface area contributed by atoms with Gasteiger partial charge in [-0.05, 0) is 43.6 Å². The van der Waals surface area contributed by atoms with E-state index in [9.17, 15) is 9.59 Å². The van der Waals surface area contributed by atoms with Crippen LogP contribution < -0.4 is 0 Å². The molecule has 0 aliphatic carbocycles. The third kappa shape index (κ3) is 3.40. The first kappa shape index (κ1) is 15.9. The van der Waals surface area contributed by atoms with Crippen LogP contribution in [0, 0.1) is 0 Å². The monoisotopic (exact) mass is 311 g/mol. The fraction of sp³-hybridized carbons (Fsp3) is 0.714. The number of hydrogen-bond acceptors (Lipinski definition) is 6. The fourth-order valence-corrected chi connectivity index (χ4v) is 3.29. The third-order valence-electron chi connectivity index (χ3n) is 3.58. The van der Waals surface area contributed by atoms with E-state index in [4.69, 9.17) is 4.74 Å². The maximum Gasteiger partial charge on any atom is 0.328 e. The normalized spacial score (nSPS) is 18.9. The van der Waals surface area contributed by atoms with E-state index in [0.29, 0.717) is 30.1 Å². The van der Waals surface area contributed by atoms with E-state index in [1.807, 2.05) is 13.8 Å². The molecule has 0 radical (unpaired) electrons. The summed E-state index contributed by atoms with van der Waals surface area (Å²) in [7, 11) is 0. The van der Waals surface area contributed by atoms with Gasteiger partial charge in [0.05, 0.1) is 12.3 Å². The van der Waals surface area contributed by atoms with Crippen molar-refractivity contribution in [2.45, 2.75) is 52.0 Å². The highest BCUT2D eigenvalue weighted by Crippen LogP contribution is 2.26. The first-order valence-electron chi connectivity index (χ1n) is 7.36. The number of ether oxygens (including phenoxy) is 1. The molecule has 2 heterocycles. The van der Waals surface area contributed by atoms with Crippen LogP contribution in [-0.4, -0.2) is 45.6 Å². The van der Waals surface area contributed by atoms with Crippen LogP contribution >= 0.6 is 11.5 Å². The Bertz CT molecular complexity index is 515. The van der Waals surface area contributed by atoms with Gasteiger partial charge in [0.2, 0.25) is 0 Å². The number of rotatable bonds is 4. The van der Waals surface area contributed by atoms with Crippen molar-refractivity contribution in [3.8, 4) is 0 Å². The molecule has 0 spiro atoms. The van der Waals surface area contributed by atoms with E-state index in [2.05, 4.69) is 9.59 Å². The Morgan fingerprint density at radius 1 is 1.43 bits per heavy atom. The summed E-state index contributed by atoms with van der Waals surface area (Å²) in [6, 6.07) is -0.478. The van der Waals surface area contributed by atoms with Crippen molar-refractivity contribution in [2.75, 3.05) is 13.2 Å². The highest BCUT2D eigenvalue weighted by molar-refractivity contribution is 7.08. The molecule has 1 amide bonds. The molecule has 1 atom stereocenters. The van der Waals surface area contributed by atoms with Crippen molar-refractivity contribution in [2.24, 2.45) is 0 Å². The molecule has 7 heteroatoms. The van der Waals surface area contributed by atoms with Crippen molar-refractivity contribution < 1.29 is 14.3 Å². The van der Waals surface area contributed by atoms with Crippen LogP contribution in [0.1, 0.15) is 61.3 Å². The number of carbonyl (C=O) groups excluding carboxylic acids is 2. The van der Waals surface area contributed by atoms with Crippen LogP contribution in [0.2, 0.25) is 0 Å². The predicted octanol–water partition coefficient (Wildman–Crippen LogP) is 2.22. The minimum atomic E-state index is -0.478. The Balaban J connectivity index is 2.22. The molecule has 1 unspecified atom stereocenters. The number of aromatic nitrogens is 2. The lowest BCUT2D eigenvalue weighted by molar-refractivity contribution is -0.149. The Kier molecular flexibility index (Phi) is 5.27. The van der Waals surface area contributed by atoms with Gasteiger partial charge in [0, 0.05) is 6.54 Å². The van der Waals surface area contributed by atoms with Gasteiger partial charge in [-0.2, -0.15) is 0 Å². The first-order chi connectivity index (χ1) is 10.1. The minimum absolute atomic E-state index is 0.133. The Morgan fingerprint density at radius 3 is 2.86 bits per heavy atom. The molecule has 0 saturated carbocycles. The number of hydrogen-bond donors (Lipinski definition) is 0. The van der Waals surface area contributed by atoms with Crippen molar-refractivity contribution in [1.82, 2.24) is 14.5 Å². The summed E-state index contributed by atoms with van der Waals surface area (Å²) in [6.07, 6.45) is 2.50. The summed E-state index contributed by atoms with van der Waals surface area (Å²) >= 11 is 1.10. The van der Waals surface area contributed by atoms with Crippen LogP contribution in [0.5, 0.6) is 0 Å². The van der Waals surface area contributed by atoms with Gasteiger partial charge in [-0.3, -0.25) is 4.79 Å². The van der Waals surface area contributed by atoms with Crippen molar-refractivity contribution in [3.05, 3.63) is 10.6 Å². The second-order valence-corrected chi connectivity index (χ2v) is 6.16. The van der Waals surface area contributed by atoms with Gasteiger partial charge in [-0.25, -0.2) is 4.79 Å². The molecule has 21 heavy (non-hydrogen) atoms. The van der Waals surface area contributed by atoms with Gasteiger partial charge in [0.15, 0.2) is 0 Å². The second kappa shape index (κ2) is 6.98. The zero-order valence-electron chi connectivity index (χ0n) is 12.7. The number of amides is 1. The Hall–Kier alpha value is -1.50. The van der Waals surface area contributed by atoms with Crippen molar-refractivity contribution in [3.63, 3.8) is 0 Å². The van der Waals surface area contributed by atoms with Gasteiger partial charge in [-0.15, -0.1) is 5.10 Å². The van der Waals surface area contributed by atoms with Crippen LogP contribution in [0.4, 0.5) is 0 Å². The van der Waals surface area contributed by atoms with Gasteiger partial charge in [-0.1, -0.05) is 18.3 Å². The molecule has 1 aliphatic heterocycles. The largest absolute Gasteiger partial charge is 0.464 e. The zero-order chi connectivity index (χ0) is 15.4. The zero-order valence-corrected chi connectivity index (χ0v) is 13.5. The van der Waals surface area contributed by atoms with Crippen molar-refractivity contribution in [1.29, 1.82) is 0 Å². The quantitative estimate of drug-likeness (QED) is 0.797. The molecule has 0 bridgehead atoms. The summed E-state index contributed by atoms with van der Waals surface area (Å²) in [4.78, 5) is 27.0. The van der Waals surface area contributed by atoms with Gasteiger partial charge in [0.1, 0.15) is 10.9 Å². The SMILES string of the molecule is CCOC(=O)C1CCCCN1C(=O)c1snnc1C(C)C. The molecule has 1 aromatic rings. The molecule has 6 nitrogen and oxygen atoms in total. The van der Waals surface area contributed by atoms with Gasteiger partial charge >= 0.3 is 5.97 Å². The van der Waals surface area contributed by atoms with E-state index in [1.165, 1.54) is 0 Å². The molecule has 0 aromatic carbocycles. The van der Waals surface area contributed by atoms with Crippen molar-refractivity contribution >= 4 is 23.4 Å². The van der Waals surface area contributed by atoms with Gasteiger partial charge < -0.3 is 9.64 Å². The lowest BCUT2D eigenvalue weighted by Gasteiger charge is -2.33. The second-order valence-electron chi connectivity index (χ2n) is 5.40. The van der Waals surface area contributed by atoms with E-state index in [0.717, 1.165) is 24.4 Å². The molecule has 1 saturated heterocycles. The van der Waals surface area contributed by atoms with Crippen LogP contribution in [0.15, 0.2) is 0 Å².